The van der Waals surface area contributed by atoms with Crippen molar-refractivity contribution in [2.75, 3.05) is 50.7 Å². The molecular formula is C21H27N3OS. The fourth-order valence-electron chi connectivity index (χ4n) is 3.29. The molecule has 1 aromatic carbocycles. The van der Waals surface area contributed by atoms with Crippen molar-refractivity contribution in [3.05, 3.63) is 65.4 Å². The first-order valence-electron chi connectivity index (χ1n) is 9.22. The Morgan fingerprint density at radius 2 is 1.73 bits per heavy atom. The van der Waals surface area contributed by atoms with Crippen LogP contribution in [0.3, 0.4) is 0 Å². The minimum atomic E-state index is -0.0363. The third-order valence-electron chi connectivity index (χ3n) is 4.87. The first kappa shape index (κ1) is 18.8. The highest BCUT2D eigenvalue weighted by Crippen LogP contribution is 2.15. The fraction of sp³-hybridized carbons (Fsp3) is 0.381. The molecule has 0 atom stereocenters. The molecule has 0 saturated carbocycles. The number of anilines is 1. The van der Waals surface area contributed by atoms with E-state index in [9.17, 15) is 4.79 Å². The molecule has 1 saturated heterocycles. The molecule has 0 radical (unpaired) electrons. The molecule has 2 heterocycles. The van der Waals surface area contributed by atoms with Gasteiger partial charge < -0.3 is 9.80 Å². The maximum Gasteiger partial charge on any atom is 0.250 e. The standard InChI is InChI=1S/C21H27N3OS/c1-2-21(25)24(19-7-4-3-5-8-19)17-16-23-14-12-22(13-15-23)11-10-20-9-6-18-26-20/h2-9,18H,1,10-17H2. The molecule has 26 heavy (non-hydrogen) atoms. The van der Waals surface area contributed by atoms with Crippen molar-refractivity contribution in [2.24, 2.45) is 0 Å². The Morgan fingerprint density at radius 3 is 2.35 bits per heavy atom. The summed E-state index contributed by atoms with van der Waals surface area (Å²) in [5.74, 6) is -0.0363. The molecule has 0 N–H and O–H groups in total. The van der Waals surface area contributed by atoms with E-state index < -0.39 is 0 Å². The third kappa shape index (κ3) is 5.27. The smallest absolute Gasteiger partial charge is 0.250 e. The molecule has 2 aromatic rings. The molecule has 1 fully saturated rings. The summed E-state index contributed by atoms with van der Waals surface area (Å²) >= 11 is 1.84. The second-order valence-electron chi connectivity index (χ2n) is 6.54. The molecule has 0 spiro atoms. The Kier molecular flexibility index (Phi) is 7.00. The fourth-order valence-corrected chi connectivity index (χ4v) is 3.98. The SMILES string of the molecule is C=CC(=O)N(CCN1CCN(CCc2cccs2)CC1)c1ccccc1. The van der Waals surface area contributed by atoms with Crippen LogP contribution in [0.5, 0.6) is 0 Å². The van der Waals surface area contributed by atoms with Crippen molar-refractivity contribution in [3.8, 4) is 0 Å². The van der Waals surface area contributed by atoms with Gasteiger partial charge in [-0.25, -0.2) is 0 Å². The highest BCUT2D eigenvalue weighted by Gasteiger charge is 2.19. The molecule has 3 rings (SSSR count). The maximum absolute atomic E-state index is 12.2. The highest BCUT2D eigenvalue weighted by molar-refractivity contribution is 7.09. The summed E-state index contributed by atoms with van der Waals surface area (Å²) in [5.41, 5.74) is 0.937. The molecule has 138 valence electrons. The topological polar surface area (TPSA) is 26.8 Å². The van der Waals surface area contributed by atoms with Gasteiger partial charge in [-0.15, -0.1) is 11.3 Å². The van der Waals surface area contributed by atoms with Crippen molar-refractivity contribution in [1.29, 1.82) is 0 Å². The lowest BCUT2D eigenvalue weighted by Gasteiger charge is -2.35. The third-order valence-corrected chi connectivity index (χ3v) is 5.80. The van der Waals surface area contributed by atoms with Gasteiger partial charge in [0.25, 0.3) is 0 Å². The van der Waals surface area contributed by atoms with Crippen LogP contribution in [0, 0.1) is 0 Å². The van der Waals surface area contributed by atoms with Crippen LogP contribution in [0.1, 0.15) is 4.88 Å². The van der Waals surface area contributed by atoms with Gasteiger partial charge in [0.15, 0.2) is 0 Å². The first-order valence-corrected chi connectivity index (χ1v) is 10.1. The number of carbonyl (C=O) groups is 1. The van der Waals surface area contributed by atoms with E-state index >= 15 is 0 Å². The van der Waals surface area contributed by atoms with E-state index in [4.69, 9.17) is 0 Å². The normalized spacial score (nSPS) is 15.7. The monoisotopic (exact) mass is 369 g/mol. The van der Waals surface area contributed by atoms with Crippen LogP contribution in [0.4, 0.5) is 5.69 Å². The number of hydrogen-bond acceptors (Lipinski definition) is 4. The van der Waals surface area contributed by atoms with Crippen molar-refractivity contribution in [3.63, 3.8) is 0 Å². The summed E-state index contributed by atoms with van der Waals surface area (Å²) < 4.78 is 0. The van der Waals surface area contributed by atoms with Gasteiger partial charge in [-0.1, -0.05) is 30.8 Å². The number of carbonyl (C=O) groups excluding carboxylic acids is 1. The van der Waals surface area contributed by atoms with Gasteiger partial charge in [0.2, 0.25) is 5.91 Å². The van der Waals surface area contributed by atoms with Crippen LogP contribution in [-0.4, -0.2) is 61.5 Å². The second-order valence-corrected chi connectivity index (χ2v) is 7.57. The molecular weight excluding hydrogens is 342 g/mol. The van der Waals surface area contributed by atoms with Gasteiger partial charge >= 0.3 is 0 Å². The summed E-state index contributed by atoms with van der Waals surface area (Å²) in [6.07, 6.45) is 2.54. The molecule has 1 amide bonds. The lowest BCUT2D eigenvalue weighted by molar-refractivity contribution is -0.114. The Hall–Kier alpha value is -1.95. The van der Waals surface area contributed by atoms with E-state index in [0.717, 1.165) is 51.4 Å². The van der Waals surface area contributed by atoms with Crippen LogP contribution in [0.2, 0.25) is 0 Å². The minimum Gasteiger partial charge on any atom is -0.308 e. The number of benzene rings is 1. The largest absolute Gasteiger partial charge is 0.308 e. The summed E-state index contributed by atoms with van der Waals surface area (Å²) in [5, 5.41) is 2.15. The van der Waals surface area contributed by atoms with Gasteiger partial charge in [0.1, 0.15) is 0 Å². The zero-order valence-corrected chi connectivity index (χ0v) is 16.0. The molecule has 4 nitrogen and oxygen atoms in total. The quantitative estimate of drug-likeness (QED) is 0.669. The summed E-state index contributed by atoms with van der Waals surface area (Å²) in [6, 6.07) is 14.2. The summed E-state index contributed by atoms with van der Waals surface area (Å²) in [6.45, 7) is 10.7. The molecule has 5 heteroatoms. The molecule has 1 aliphatic heterocycles. The summed E-state index contributed by atoms with van der Waals surface area (Å²) in [4.78, 5) is 20.5. The molecule has 0 unspecified atom stereocenters. The van der Waals surface area contributed by atoms with Crippen molar-refractivity contribution in [2.45, 2.75) is 6.42 Å². The number of amides is 1. The molecule has 1 aliphatic rings. The number of nitrogens with zero attached hydrogens (tertiary/aromatic N) is 3. The van der Waals surface area contributed by atoms with Crippen LogP contribution in [0.15, 0.2) is 60.5 Å². The lowest BCUT2D eigenvalue weighted by atomic mass is 10.2. The van der Waals surface area contributed by atoms with Crippen molar-refractivity contribution < 1.29 is 4.79 Å². The highest BCUT2D eigenvalue weighted by atomic mass is 32.1. The van der Waals surface area contributed by atoms with E-state index in [2.05, 4.69) is 33.9 Å². The number of thiophene rings is 1. The summed E-state index contributed by atoms with van der Waals surface area (Å²) in [7, 11) is 0. The second kappa shape index (κ2) is 9.67. The van der Waals surface area contributed by atoms with E-state index in [1.54, 1.807) is 0 Å². The zero-order valence-electron chi connectivity index (χ0n) is 15.2. The number of rotatable bonds is 8. The zero-order chi connectivity index (χ0) is 18.2. The van der Waals surface area contributed by atoms with Crippen LogP contribution in [0.25, 0.3) is 0 Å². The molecule has 0 bridgehead atoms. The Balaban J connectivity index is 1.44. The predicted molar refractivity (Wildman–Crippen MR) is 110 cm³/mol. The van der Waals surface area contributed by atoms with E-state index in [0.29, 0.717) is 6.54 Å². The number of piperazine rings is 1. The molecule has 1 aromatic heterocycles. The van der Waals surface area contributed by atoms with E-state index in [1.165, 1.54) is 11.0 Å². The Labute approximate surface area is 160 Å². The Bertz CT molecular complexity index is 679. The van der Waals surface area contributed by atoms with Crippen LogP contribution in [-0.2, 0) is 11.2 Å². The predicted octanol–water partition coefficient (Wildman–Crippen LogP) is 3.13. The number of hydrogen-bond donors (Lipinski definition) is 0. The van der Waals surface area contributed by atoms with E-state index in [-0.39, 0.29) is 5.91 Å². The number of para-hydroxylation sites is 1. The van der Waals surface area contributed by atoms with Gasteiger partial charge in [-0.2, -0.15) is 0 Å². The average molecular weight is 370 g/mol. The van der Waals surface area contributed by atoms with Gasteiger partial charge in [-0.05, 0) is 36.1 Å². The van der Waals surface area contributed by atoms with Crippen molar-refractivity contribution in [1.82, 2.24) is 9.80 Å². The van der Waals surface area contributed by atoms with Crippen molar-refractivity contribution >= 4 is 22.9 Å². The lowest BCUT2D eigenvalue weighted by Crippen LogP contribution is -2.49. The average Bonchev–Trinajstić information content (AvgIpc) is 3.21. The Morgan fingerprint density at radius 1 is 1.04 bits per heavy atom. The first-order chi connectivity index (χ1) is 12.8. The van der Waals surface area contributed by atoms with E-state index in [1.807, 2.05) is 46.6 Å². The molecule has 0 aliphatic carbocycles. The minimum absolute atomic E-state index is 0.0363. The maximum atomic E-state index is 12.2. The van der Waals surface area contributed by atoms with Gasteiger partial charge in [-0.3, -0.25) is 9.69 Å². The van der Waals surface area contributed by atoms with Gasteiger partial charge in [0.05, 0.1) is 0 Å². The van der Waals surface area contributed by atoms with Crippen LogP contribution < -0.4 is 4.90 Å². The van der Waals surface area contributed by atoms with Gasteiger partial charge in [0, 0.05) is 56.4 Å². The van der Waals surface area contributed by atoms with Crippen LogP contribution >= 0.6 is 11.3 Å².